The zero-order chi connectivity index (χ0) is 21.2. The van der Waals surface area contributed by atoms with E-state index < -0.39 is 31.2 Å². The van der Waals surface area contributed by atoms with E-state index in [0.717, 1.165) is 6.26 Å². The predicted octanol–water partition coefficient (Wildman–Crippen LogP) is 3.01. The Hall–Kier alpha value is -2.65. The molecule has 0 N–H and O–H groups in total. The molecular formula is C20H19FN2O4S2. The van der Waals surface area contributed by atoms with Gasteiger partial charge in [0.05, 0.1) is 22.0 Å². The second kappa shape index (κ2) is 8.00. The van der Waals surface area contributed by atoms with Crippen molar-refractivity contribution in [3.8, 4) is 11.4 Å². The molecular weight excluding hydrogens is 415 g/mol. The van der Waals surface area contributed by atoms with Gasteiger partial charge in [0.15, 0.2) is 19.7 Å². The number of hydrogen-bond donors (Lipinski definition) is 0. The Kier molecular flexibility index (Phi) is 5.81. The summed E-state index contributed by atoms with van der Waals surface area (Å²) < 4.78 is 63.6. The van der Waals surface area contributed by atoms with E-state index in [1.807, 2.05) is 0 Å². The van der Waals surface area contributed by atoms with Gasteiger partial charge < -0.3 is 0 Å². The molecule has 6 nitrogen and oxygen atoms in total. The molecule has 0 saturated carbocycles. The average Bonchev–Trinajstić information content (AvgIpc) is 2.68. The number of benzene rings is 1. The average molecular weight is 435 g/mol. The molecule has 0 unspecified atom stereocenters. The maximum Gasteiger partial charge on any atom is 0.181 e. The summed E-state index contributed by atoms with van der Waals surface area (Å²) in [5.41, 5.74) is 1.29. The van der Waals surface area contributed by atoms with Gasteiger partial charge in [-0.05, 0) is 42.8 Å². The molecule has 29 heavy (non-hydrogen) atoms. The molecule has 0 bridgehead atoms. The van der Waals surface area contributed by atoms with Crippen LogP contribution in [-0.4, -0.2) is 38.8 Å². The molecule has 1 aromatic carbocycles. The Morgan fingerprint density at radius 3 is 2.38 bits per heavy atom. The van der Waals surface area contributed by atoms with E-state index in [0.29, 0.717) is 11.4 Å². The van der Waals surface area contributed by atoms with Crippen LogP contribution in [0.1, 0.15) is 11.3 Å². The first kappa shape index (κ1) is 21.1. The maximum atomic E-state index is 14.2. The Balaban J connectivity index is 1.97. The highest BCUT2D eigenvalue weighted by Gasteiger charge is 2.21. The van der Waals surface area contributed by atoms with Gasteiger partial charge in [0.1, 0.15) is 10.7 Å². The monoisotopic (exact) mass is 434 g/mol. The molecule has 0 aliphatic rings. The van der Waals surface area contributed by atoms with Crippen molar-refractivity contribution in [2.45, 2.75) is 23.1 Å². The lowest BCUT2D eigenvalue weighted by Gasteiger charge is -2.10. The Bertz CT molecular complexity index is 1260. The van der Waals surface area contributed by atoms with E-state index >= 15 is 0 Å². The first-order valence-corrected chi connectivity index (χ1v) is 12.2. The molecule has 0 saturated heterocycles. The lowest BCUT2D eigenvalue weighted by Crippen LogP contribution is -2.13. The fourth-order valence-electron chi connectivity index (χ4n) is 2.76. The highest BCUT2D eigenvalue weighted by atomic mass is 32.2. The number of sulfone groups is 2. The van der Waals surface area contributed by atoms with Crippen LogP contribution in [0.15, 0.2) is 64.5 Å². The standard InChI is InChI=1S/C20H19FN2O4S2/c1-14-6-5-8-19(20(14)21)29(26,27)11-9-15-12-16(28(2,24)25)13-18(23-15)17-7-3-4-10-22-17/h3-8,10,12-13H,9,11H2,1-2H3. The van der Waals surface area contributed by atoms with Crippen molar-refractivity contribution in [2.75, 3.05) is 12.0 Å². The zero-order valence-electron chi connectivity index (χ0n) is 15.8. The molecule has 2 aromatic heterocycles. The van der Waals surface area contributed by atoms with Crippen molar-refractivity contribution in [1.82, 2.24) is 9.97 Å². The second-order valence-corrected chi connectivity index (χ2v) is 10.7. The summed E-state index contributed by atoms with van der Waals surface area (Å²) >= 11 is 0. The highest BCUT2D eigenvalue weighted by molar-refractivity contribution is 7.91. The van der Waals surface area contributed by atoms with Crippen LogP contribution in [0.4, 0.5) is 4.39 Å². The number of rotatable bonds is 6. The summed E-state index contributed by atoms with van der Waals surface area (Å²) in [7, 11) is -7.47. The molecule has 0 aliphatic heterocycles. The van der Waals surface area contributed by atoms with Crippen molar-refractivity contribution in [3.63, 3.8) is 0 Å². The molecule has 3 aromatic rings. The molecule has 3 rings (SSSR count). The first-order chi connectivity index (χ1) is 13.6. The summed E-state index contributed by atoms with van der Waals surface area (Å²) in [6.45, 7) is 1.49. The molecule has 9 heteroatoms. The largest absolute Gasteiger partial charge is 0.255 e. The topological polar surface area (TPSA) is 94.1 Å². The van der Waals surface area contributed by atoms with Gasteiger partial charge in [-0.15, -0.1) is 0 Å². The molecule has 0 radical (unpaired) electrons. The van der Waals surface area contributed by atoms with Crippen molar-refractivity contribution in [1.29, 1.82) is 0 Å². The van der Waals surface area contributed by atoms with Crippen molar-refractivity contribution in [3.05, 3.63) is 71.8 Å². The summed E-state index contributed by atoms with van der Waals surface area (Å²) in [5, 5.41) is 0. The Morgan fingerprint density at radius 1 is 0.966 bits per heavy atom. The minimum atomic E-state index is -3.92. The van der Waals surface area contributed by atoms with Gasteiger partial charge in [0.25, 0.3) is 0 Å². The van der Waals surface area contributed by atoms with E-state index in [1.165, 1.54) is 37.3 Å². The van der Waals surface area contributed by atoms with E-state index in [-0.39, 0.29) is 27.5 Å². The quantitative estimate of drug-likeness (QED) is 0.592. The van der Waals surface area contributed by atoms with Crippen LogP contribution in [-0.2, 0) is 26.1 Å². The van der Waals surface area contributed by atoms with Crippen molar-refractivity contribution >= 4 is 19.7 Å². The van der Waals surface area contributed by atoms with Crippen molar-refractivity contribution in [2.24, 2.45) is 0 Å². The van der Waals surface area contributed by atoms with Gasteiger partial charge in [-0.25, -0.2) is 21.2 Å². The SMILES string of the molecule is Cc1cccc(S(=O)(=O)CCc2cc(S(C)(=O)=O)cc(-c3ccccn3)n2)c1F. The smallest absolute Gasteiger partial charge is 0.181 e. The number of halogens is 1. The second-order valence-electron chi connectivity index (χ2n) is 6.62. The molecule has 152 valence electrons. The molecule has 0 spiro atoms. The molecule has 2 heterocycles. The summed E-state index contributed by atoms with van der Waals surface area (Å²) in [4.78, 5) is 8.18. The van der Waals surface area contributed by atoms with Gasteiger partial charge >= 0.3 is 0 Å². The van der Waals surface area contributed by atoms with Gasteiger partial charge in [-0.2, -0.15) is 0 Å². The van der Waals surface area contributed by atoms with Crippen LogP contribution in [0.5, 0.6) is 0 Å². The Labute approximate surface area is 169 Å². The van der Waals surface area contributed by atoms with Gasteiger partial charge in [0, 0.05) is 24.6 Å². The van der Waals surface area contributed by atoms with Crippen LogP contribution in [0.2, 0.25) is 0 Å². The number of nitrogens with zero attached hydrogens (tertiary/aromatic N) is 2. The molecule has 0 aliphatic carbocycles. The van der Waals surface area contributed by atoms with Gasteiger partial charge in [0.2, 0.25) is 0 Å². The minimum absolute atomic E-state index is 0.0160. The minimum Gasteiger partial charge on any atom is -0.255 e. The third kappa shape index (κ3) is 4.86. The number of hydrogen-bond acceptors (Lipinski definition) is 6. The number of aryl methyl sites for hydroxylation is 2. The van der Waals surface area contributed by atoms with Gasteiger partial charge in [-0.3, -0.25) is 9.97 Å². The zero-order valence-corrected chi connectivity index (χ0v) is 17.5. The molecule has 0 atom stereocenters. The van der Waals surface area contributed by atoms with Crippen molar-refractivity contribution < 1.29 is 21.2 Å². The first-order valence-electron chi connectivity index (χ1n) is 8.68. The fourth-order valence-corrected chi connectivity index (χ4v) is 4.85. The van der Waals surface area contributed by atoms with Gasteiger partial charge in [-0.1, -0.05) is 18.2 Å². The van der Waals surface area contributed by atoms with E-state index in [9.17, 15) is 21.2 Å². The summed E-state index contributed by atoms with van der Waals surface area (Å²) in [6, 6.07) is 12.1. The van der Waals surface area contributed by atoms with Crippen LogP contribution >= 0.6 is 0 Å². The van der Waals surface area contributed by atoms with E-state index in [4.69, 9.17) is 0 Å². The predicted molar refractivity (Wildman–Crippen MR) is 107 cm³/mol. The lowest BCUT2D eigenvalue weighted by atomic mass is 10.2. The molecule has 0 fully saturated rings. The third-order valence-electron chi connectivity index (χ3n) is 4.33. The van der Waals surface area contributed by atoms with Crippen LogP contribution in [0, 0.1) is 12.7 Å². The number of pyridine rings is 2. The summed E-state index contributed by atoms with van der Waals surface area (Å²) in [6.07, 6.45) is 2.54. The molecule has 0 amide bonds. The van der Waals surface area contributed by atoms with Crippen LogP contribution < -0.4 is 0 Å². The Morgan fingerprint density at radius 2 is 1.72 bits per heavy atom. The fraction of sp³-hybridized carbons (Fsp3) is 0.200. The third-order valence-corrected chi connectivity index (χ3v) is 7.14. The summed E-state index contributed by atoms with van der Waals surface area (Å²) in [5.74, 6) is -1.19. The highest BCUT2D eigenvalue weighted by Crippen LogP contribution is 2.23. The van der Waals surface area contributed by atoms with Crippen LogP contribution in [0.25, 0.3) is 11.4 Å². The van der Waals surface area contributed by atoms with Crippen LogP contribution in [0.3, 0.4) is 0 Å². The van der Waals surface area contributed by atoms with E-state index in [2.05, 4.69) is 9.97 Å². The maximum absolute atomic E-state index is 14.2. The lowest BCUT2D eigenvalue weighted by molar-refractivity contribution is 0.561. The normalized spacial score (nSPS) is 12.1. The van der Waals surface area contributed by atoms with E-state index in [1.54, 1.807) is 24.4 Å². The number of aromatic nitrogens is 2.